The van der Waals surface area contributed by atoms with E-state index in [4.69, 9.17) is 5.11 Å². The standard InChI is InChI=1S/C12H11BrN4O3/c1-7-4-8(13)2-3-9(7)14-11(18)6-17-5-10(12(19)20)15-16-17/h2-5H,6H2,1H3,(H,14,18)(H,19,20). The summed E-state index contributed by atoms with van der Waals surface area (Å²) in [6, 6.07) is 5.48. The number of aromatic nitrogens is 3. The molecule has 0 aliphatic rings. The van der Waals surface area contributed by atoms with E-state index in [2.05, 4.69) is 31.6 Å². The second-order valence-electron chi connectivity index (χ2n) is 4.11. The van der Waals surface area contributed by atoms with E-state index < -0.39 is 5.97 Å². The Morgan fingerprint density at radius 1 is 1.45 bits per heavy atom. The second-order valence-corrected chi connectivity index (χ2v) is 5.03. The first-order chi connectivity index (χ1) is 9.45. The van der Waals surface area contributed by atoms with Crippen LogP contribution in [0.5, 0.6) is 0 Å². The molecule has 1 heterocycles. The molecule has 0 saturated carbocycles. The highest BCUT2D eigenvalue weighted by Gasteiger charge is 2.11. The zero-order chi connectivity index (χ0) is 14.7. The molecule has 0 fully saturated rings. The number of carbonyl (C=O) groups excluding carboxylic acids is 1. The molecule has 20 heavy (non-hydrogen) atoms. The number of nitrogens with one attached hydrogen (secondary N) is 1. The third-order valence-corrected chi connectivity index (χ3v) is 3.02. The lowest BCUT2D eigenvalue weighted by Crippen LogP contribution is -2.19. The van der Waals surface area contributed by atoms with Gasteiger partial charge in [0.15, 0.2) is 5.69 Å². The van der Waals surface area contributed by atoms with Gasteiger partial charge in [0, 0.05) is 10.2 Å². The van der Waals surface area contributed by atoms with Gasteiger partial charge in [-0.1, -0.05) is 21.1 Å². The van der Waals surface area contributed by atoms with Crippen LogP contribution in [-0.2, 0) is 11.3 Å². The molecule has 2 aromatic rings. The number of hydrogen-bond acceptors (Lipinski definition) is 4. The Kier molecular flexibility index (Phi) is 4.14. The molecule has 0 unspecified atom stereocenters. The molecule has 1 amide bonds. The van der Waals surface area contributed by atoms with Crippen LogP contribution in [0.2, 0.25) is 0 Å². The van der Waals surface area contributed by atoms with Gasteiger partial charge < -0.3 is 10.4 Å². The minimum absolute atomic E-state index is 0.101. The smallest absolute Gasteiger partial charge is 0.358 e. The summed E-state index contributed by atoms with van der Waals surface area (Å²) in [4.78, 5) is 22.5. The Bertz CT molecular complexity index is 668. The van der Waals surface area contributed by atoms with Crippen molar-refractivity contribution in [1.29, 1.82) is 0 Å². The van der Waals surface area contributed by atoms with Gasteiger partial charge >= 0.3 is 5.97 Å². The second kappa shape index (κ2) is 5.83. The van der Waals surface area contributed by atoms with Crippen LogP contribution < -0.4 is 5.32 Å². The number of hydrogen-bond donors (Lipinski definition) is 2. The van der Waals surface area contributed by atoms with E-state index in [-0.39, 0.29) is 18.1 Å². The molecule has 104 valence electrons. The first-order valence-electron chi connectivity index (χ1n) is 5.65. The number of nitrogens with zero attached hydrogens (tertiary/aromatic N) is 3. The van der Waals surface area contributed by atoms with Crippen molar-refractivity contribution in [2.75, 3.05) is 5.32 Å². The minimum atomic E-state index is -1.18. The molecule has 0 saturated heterocycles. The average Bonchev–Trinajstić information content (AvgIpc) is 2.81. The van der Waals surface area contributed by atoms with Crippen LogP contribution in [0.3, 0.4) is 0 Å². The number of aryl methyl sites for hydroxylation is 1. The molecule has 0 aliphatic heterocycles. The lowest BCUT2D eigenvalue weighted by Gasteiger charge is -2.08. The molecule has 2 N–H and O–H groups in total. The van der Waals surface area contributed by atoms with Gasteiger partial charge in [-0.05, 0) is 30.7 Å². The van der Waals surface area contributed by atoms with Gasteiger partial charge in [-0.25, -0.2) is 9.48 Å². The molecular weight excluding hydrogens is 328 g/mol. The van der Waals surface area contributed by atoms with Crippen molar-refractivity contribution < 1.29 is 14.7 Å². The summed E-state index contributed by atoms with van der Waals surface area (Å²) in [6.45, 7) is 1.77. The molecule has 1 aromatic heterocycles. The minimum Gasteiger partial charge on any atom is -0.476 e. The quantitative estimate of drug-likeness (QED) is 0.883. The number of carboxylic acid groups (broad SMARTS) is 1. The fourth-order valence-electron chi connectivity index (χ4n) is 1.58. The van der Waals surface area contributed by atoms with Crippen molar-refractivity contribution in [2.24, 2.45) is 0 Å². The molecule has 8 heteroatoms. The van der Waals surface area contributed by atoms with E-state index in [1.807, 2.05) is 19.1 Å². The summed E-state index contributed by atoms with van der Waals surface area (Å²) < 4.78 is 2.10. The van der Waals surface area contributed by atoms with Crippen LogP contribution in [0.4, 0.5) is 5.69 Å². The highest BCUT2D eigenvalue weighted by atomic mass is 79.9. The Morgan fingerprint density at radius 3 is 2.80 bits per heavy atom. The van der Waals surface area contributed by atoms with Crippen LogP contribution in [0, 0.1) is 6.92 Å². The fourth-order valence-corrected chi connectivity index (χ4v) is 2.05. The van der Waals surface area contributed by atoms with Gasteiger partial charge in [0.2, 0.25) is 5.91 Å². The number of amides is 1. The van der Waals surface area contributed by atoms with Crippen molar-refractivity contribution in [3.63, 3.8) is 0 Å². The van der Waals surface area contributed by atoms with Gasteiger partial charge in [-0.15, -0.1) is 5.10 Å². The Morgan fingerprint density at radius 2 is 2.20 bits per heavy atom. The highest BCUT2D eigenvalue weighted by molar-refractivity contribution is 9.10. The lowest BCUT2D eigenvalue weighted by molar-refractivity contribution is -0.116. The monoisotopic (exact) mass is 338 g/mol. The maximum Gasteiger partial charge on any atom is 0.358 e. The molecule has 2 rings (SSSR count). The van der Waals surface area contributed by atoms with E-state index in [0.717, 1.165) is 10.0 Å². The summed E-state index contributed by atoms with van der Waals surface area (Å²) in [6.07, 6.45) is 1.20. The molecule has 0 aliphatic carbocycles. The van der Waals surface area contributed by atoms with E-state index in [1.54, 1.807) is 6.07 Å². The first-order valence-corrected chi connectivity index (χ1v) is 6.44. The molecule has 1 aromatic carbocycles. The highest BCUT2D eigenvalue weighted by Crippen LogP contribution is 2.19. The Labute approximate surface area is 122 Å². The third kappa shape index (κ3) is 3.41. The van der Waals surface area contributed by atoms with Crippen molar-refractivity contribution in [2.45, 2.75) is 13.5 Å². The summed E-state index contributed by atoms with van der Waals surface area (Å²) in [7, 11) is 0. The average molecular weight is 339 g/mol. The van der Waals surface area contributed by atoms with Crippen LogP contribution in [0.15, 0.2) is 28.9 Å². The van der Waals surface area contributed by atoms with E-state index in [0.29, 0.717) is 5.69 Å². The van der Waals surface area contributed by atoms with Gasteiger partial charge in [0.1, 0.15) is 6.54 Å². The number of carbonyl (C=O) groups is 2. The molecule has 0 bridgehead atoms. The van der Waals surface area contributed by atoms with E-state index in [1.165, 1.54) is 10.9 Å². The molecule has 0 radical (unpaired) electrons. The number of benzene rings is 1. The predicted octanol–water partition coefficient (Wildman–Crippen LogP) is 1.69. The van der Waals surface area contributed by atoms with E-state index >= 15 is 0 Å². The topological polar surface area (TPSA) is 97.1 Å². The van der Waals surface area contributed by atoms with Gasteiger partial charge in [-0.2, -0.15) is 0 Å². The zero-order valence-electron chi connectivity index (χ0n) is 10.5. The molecule has 0 spiro atoms. The summed E-state index contributed by atoms with van der Waals surface area (Å²) >= 11 is 3.34. The maximum atomic E-state index is 11.8. The van der Waals surface area contributed by atoms with Crippen LogP contribution in [0.25, 0.3) is 0 Å². The SMILES string of the molecule is Cc1cc(Br)ccc1NC(=O)Cn1cc(C(=O)O)nn1. The summed E-state index contributed by atoms with van der Waals surface area (Å²) in [5, 5.41) is 18.4. The summed E-state index contributed by atoms with van der Waals surface area (Å²) in [5.41, 5.74) is 1.41. The number of halogens is 1. The zero-order valence-corrected chi connectivity index (χ0v) is 12.1. The van der Waals surface area contributed by atoms with Crippen molar-refractivity contribution in [1.82, 2.24) is 15.0 Å². The first kappa shape index (κ1) is 14.2. The van der Waals surface area contributed by atoms with Gasteiger partial charge in [-0.3, -0.25) is 4.79 Å². The maximum absolute atomic E-state index is 11.8. The van der Waals surface area contributed by atoms with E-state index in [9.17, 15) is 9.59 Å². The Hall–Kier alpha value is -2.22. The molecule has 7 nitrogen and oxygen atoms in total. The van der Waals surface area contributed by atoms with Gasteiger partial charge in [0.05, 0.1) is 6.20 Å². The normalized spacial score (nSPS) is 10.3. The van der Waals surface area contributed by atoms with Crippen molar-refractivity contribution in [3.8, 4) is 0 Å². The number of aromatic carboxylic acids is 1. The Balaban J connectivity index is 2.03. The largest absolute Gasteiger partial charge is 0.476 e. The lowest BCUT2D eigenvalue weighted by atomic mass is 10.2. The number of anilines is 1. The van der Waals surface area contributed by atoms with Crippen LogP contribution in [-0.4, -0.2) is 32.0 Å². The number of rotatable bonds is 4. The summed E-state index contributed by atoms with van der Waals surface area (Å²) in [5.74, 6) is -1.49. The van der Waals surface area contributed by atoms with Crippen LogP contribution >= 0.6 is 15.9 Å². The molecular formula is C12H11BrN4O3. The van der Waals surface area contributed by atoms with Gasteiger partial charge in [0.25, 0.3) is 0 Å². The molecule has 0 atom stereocenters. The number of carboxylic acids is 1. The van der Waals surface area contributed by atoms with Crippen molar-refractivity contribution >= 4 is 33.5 Å². The fraction of sp³-hybridized carbons (Fsp3) is 0.167. The van der Waals surface area contributed by atoms with Crippen molar-refractivity contribution in [3.05, 3.63) is 40.1 Å². The van der Waals surface area contributed by atoms with Crippen LogP contribution in [0.1, 0.15) is 16.1 Å². The predicted molar refractivity (Wildman–Crippen MR) is 74.5 cm³/mol. The third-order valence-electron chi connectivity index (χ3n) is 2.53.